The first-order chi connectivity index (χ1) is 21.3. The quantitative estimate of drug-likeness (QED) is 0.202. The zero-order valence-electron chi connectivity index (χ0n) is 26.9. The fourth-order valence-corrected chi connectivity index (χ4v) is 5.16. The second-order valence-corrected chi connectivity index (χ2v) is 12.7. The molecule has 0 aromatic carbocycles. The lowest BCUT2D eigenvalue weighted by molar-refractivity contribution is 0.0635. The van der Waals surface area contributed by atoms with Gasteiger partial charge in [-0.05, 0) is 79.1 Å². The number of carbonyl (C=O) groups is 2. The van der Waals surface area contributed by atoms with E-state index in [1.165, 1.54) is 12.8 Å². The fourth-order valence-electron chi connectivity index (χ4n) is 5.16. The number of likely N-dealkylation sites (tertiary alicyclic amines) is 1. The summed E-state index contributed by atoms with van der Waals surface area (Å²) in [6.07, 6.45) is 6.59. The Labute approximate surface area is 262 Å². The van der Waals surface area contributed by atoms with E-state index in [9.17, 15) is 9.59 Å². The highest BCUT2D eigenvalue weighted by Crippen LogP contribution is 2.28. The van der Waals surface area contributed by atoms with Crippen molar-refractivity contribution in [3.05, 3.63) is 48.0 Å². The summed E-state index contributed by atoms with van der Waals surface area (Å²) in [5.74, 6) is 1.07. The van der Waals surface area contributed by atoms with E-state index >= 15 is 0 Å². The number of aryl methyl sites for hydroxylation is 2. The predicted molar refractivity (Wildman–Crippen MR) is 173 cm³/mol. The van der Waals surface area contributed by atoms with E-state index in [-0.39, 0.29) is 11.4 Å². The smallest absolute Gasteiger partial charge is 0.413 e. The van der Waals surface area contributed by atoms with Crippen LogP contribution in [0.25, 0.3) is 11.0 Å². The number of aromatic nitrogens is 6. The highest BCUT2D eigenvalue weighted by Gasteiger charge is 2.31. The van der Waals surface area contributed by atoms with Gasteiger partial charge in [0.25, 0.3) is 5.91 Å². The van der Waals surface area contributed by atoms with Crippen molar-refractivity contribution in [2.45, 2.75) is 65.5 Å². The van der Waals surface area contributed by atoms with E-state index in [2.05, 4.69) is 65.0 Å². The number of anilines is 5. The monoisotopic (exact) mass is 615 g/mol. The molecule has 238 valence electrons. The molecular formula is C31H41N11O3. The molecule has 5 rings (SSSR count). The second-order valence-electron chi connectivity index (χ2n) is 12.7. The second kappa shape index (κ2) is 12.6. The molecule has 0 radical (unpaired) electrons. The van der Waals surface area contributed by atoms with Crippen LogP contribution in [0.5, 0.6) is 0 Å². The topological polar surface area (TPSA) is 164 Å². The lowest BCUT2D eigenvalue weighted by Gasteiger charge is -2.31. The number of nitrogens with one attached hydrogen (secondary N) is 4. The SMILES string of the molecule is Cc1ncc(C(=O)NCCN2CCCC2(C)C)cc1Nc1nn(C)c2nc(Nc3ccc(NC(=O)OC(C)(C)C)nc3)ncc12. The lowest BCUT2D eigenvalue weighted by Crippen LogP contribution is -2.43. The number of hydrogen-bond donors (Lipinski definition) is 4. The Morgan fingerprint density at radius 1 is 1.07 bits per heavy atom. The summed E-state index contributed by atoms with van der Waals surface area (Å²) in [4.78, 5) is 45.1. The van der Waals surface area contributed by atoms with E-state index in [1.54, 1.807) is 69.3 Å². The highest BCUT2D eigenvalue weighted by molar-refractivity contribution is 5.96. The molecule has 0 bridgehead atoms. The Balaban J connectivity index is 1.23. The van der Waals surface area contributed by atoms with Crippen LogP contribution in [-0.2, 0) is 11.8 Å². The van der Waals surface area contributed by atoms with Crippen molar-refractivity contribution >= 4 is 52.0 Å². The molecule has 1 aliphatic rings. The maximum absolute atomic E-state index is 12.9. The van der Waals surface area contributed by atoms with Crippen molar-refractivity contribution in [1.82, 2.24) is 39.9 Å². The van der Waals surface area contributed by atoms with Crippen LogP contribution < -0.4 is 21.3 Å². The van der Waals surface area contributed by atoms with E-state index in [1.807, 2.05) is 6.92 Å². The molecule has 14 nitrogen and oxygen atoms in total. The molecule has 0 aliphatic carbocycles. The molecule has 0 saturated carbocycles. The summed E-state index contributed by atoms with van der Waals surface area (Å²) >= 11 is 0. The Morgan fingerprint density at radius 2 is 1.87 bits per heavy atom. The molecule has 5 heterocycles. The van der Waals surface area contributed by atoms with E-state index in [0.29, 0.717) is 52.1 Å². The third-order valence-corrected chi connectivity index (χ3v) is 7.57. The largest absolute Gasteiger partial charge is 0.444 e. The minimum absolute atomic E-state index is 0.171. The normalized spacial score (nSPS) is 14.7. The van der Waals surface area contributed by atoms with Crippen LogP contribution in [0, 0.1) is 6.92 Å². The summed E-state index contributed by atoms with van der Waals surface area (Å²) in [7, 11) is 1.79. The maximum Gasteiger partial charge on any atom is 0.413 e. The number of ether oxygens (including phenoxy) is 1. The van der Waals surface area contributed by atoms with Crippen LogP contribution in [0.3, 0.4) is 0 Å². The van der Waals surface area contributed by atoms with E-state index in [4.69, 9.17) is 4.74 Å². The van der Waals surface area contributed by atoms with Gasteiger partial charge in [0.15, 0.2) is 11.5 Å². The Morgan fingerprint density at radius 3 is 2.56 bits per heavy atom. The zero-order chi connectivity index (χ0) is 32.4. The van der Waals surface area contributed by atoms with Crippen LogP contribution in [0.15, 0.2) is 36.8 Å². The lowest BCUT2D eigenvalue weighted by atomic mass is 10.0. The third kappa shape index (κ3) is 7.81. The van der Waals surface area contributed by atoms with Crippen molar-refractivity contribution in [3.63, 3.8) is 0 Å². The first-order valence-corrected chi connectivity index (χ1v) is 15.0. The number of nitrogens with zero attached hydrogens (tertiary/aromatic N) is 7. The average molecular weight is 616 g/mol. The van der Waals surface area contributed by atoms with Gasteiger partial charge in [-0.1, -0.05) is 0 Å². The standard InChI is InChI=1S/C31H41N11O3/c1-19-23(15-20(16-33-19)27(43)32-12-14-42-13-8-11-31(42,5)6)37-25-22-18-35-28(39-26(22)41(7)40-25)36-21-9-10-24(34-17-21)38-29(44)45-30(2,3)4/h9-10,15-18H,8,11-14H2,1-7H3,(H,32,43)(H,37,40)(H,34,38,44)(H,35,36,39). The van der Waals surface area contributed by atoms with Crippen LogP contribution in [-0.4, -0.2) is 77.4 Å². The Bertz CT molecular complexity index is 1690. The minimum atomic E-state index is -0.608. The molecule has 14 heteroatoms. The molecule has 45 heavy (non-hydrogen) atoms. The summed E-state index contributed by atoms with van der Waals surface area (Å²) in [6, 6.07) is 5.18. The molecule has 4 aromatic heterocycles. The fraction of sp³-hybridized carbons (Fsp3) is 0.452. The average Bonchev–Trinajstić information content (AvgIpc) is 3.46. The van der Waals surface area contributed by atoms with Gasteiger partial charge in [0.05, 0.1) is 34.2 Å². The van der Waals surface area contributed by atoms with E-state index < -0.39 is 11.7 Å². The number of pyridine rings is 2. The molecule has 0 atom stereocenters. The maximum atomic E-state index is 12.9. The van der Waals surface area contributed by atoms with Crippen LogP contribution in [0.2, 0.25) is 0 Å². The summed E-state index contributed by atoms with van der Waals surface area (Å²) < 4.78 is 6.90. The van der Waals surface area contributed by atoms with Crippen molar-refractivity contribution in [2.75, 3.05) is 35.6 Å². The Kier molecular flexibility index (Phi) is 8.87. The van der Waals surface area contributed by atoms with Crippen molar-refractivity contribution < 1.29 is 14.3 Å². The number of rotatable bonds is 9. The first kappa shape index (κ1) is 31.6. The number of hydrogen-bond acceptors (Lipinski definition) is 11. The molecule has 0 unspecified atom stereocenters. The number of fused-ring (bicyclic) bond motifs is 1. The highest BCUT2D eigenvalue weighted by atomic mass is 16.6. The van der Waals surface area contributed by atoms with Crippen LogP contribution in [0.4, 0.5) is 33.8 Å². The van der Waals surface area contributed by atoms with Gasteiger partial charge in [-0.3, -0.25) is 20.0 Å². The molecule has 0 spiro atoms. The number of amides is 2. The first-order valence-electron chi connectivity index (χ1n) is 15.0. The minimum Gasteiger partial charge on any atom is -0.444 e. The zero-order valence-corrected chi connectivity index (χ0v) is 26.9. The van der Waals surface area contributed by atoms with Gasteiger partial charge in [-0.2, -0.15) is 10.1 Å². The molecule has 1 fully saturated rings. The van der Waals surface area contributed by atoms with Crippen molar-refractivity contribution in [2.24, 2.45) is 7.05 Å². The summed E-state index contributed by atoms with van der Waals surface area (Å²) in [6.45, 7) is 14.2. The van der Waals surface area contributed by atoms with Gasteiger partial charge >= 0.3 is 6.09 Å². The van der Waals surface area contributed by atoms with Gasteiger partial charge < -0.3 is 20.7 Å². The van der Waals surface area contributed by atoms with Gasteiger partial charge in [-0.15, -0.1) is 0 Å². The number of carbonyl (C=O) groups excluding carboxylic acids is 2. The molecule has 1 saturated heterocycles. The van der Waals surface area contributed by atoms with Crippen molar-refractivity contribution in [1.29, 1.82) is 0 Å². The van der Waals surface area contributed by atoms with Crippen LogP contribution >= 0.6 is 0 Å². The van der Waals surface area contributed by atoms with Gasteiger partial charge in [0.1, 0.15) is 11.4 Å². The molecular weight excluding hydrogens is 574 g/mol. The van der Waals surface area contributed by atoms with Gasteiger partial charge in [0.2, 0.25) is 5.95 Å². The third-order valence-electron chi connectivity index (χ3n) is 7.57. The molecule has 1 aliphatic heterocycles. The Hall–Kier alpha value is -4.85. The van der Waals surface area contributed by atoms with E-state index in [0.717, 1.165) is 18.8 Å². The predicted octanol–water partition coefficient (Wildman–Crippen LogP) is 4.90. The van der Waals surface area contributed by atoms with Gasteiger partial charge in [-0.25, -0.2) is 19.4 Å². The summed E-state index contributed by atoms with van der Waals surface area (Å²) in [5.41, 5.74) is 2.64. The molecule has 4 aromatic rings. The van der Waals surface area contributed by atoms with Gasteiger partial charge in [0, 0.05) is 38.1 Å². The van der Waals surface area contributed by atoms with Crippen LogP contribution in [0.1, 0.15) is 63.5 Å². The molecule has 2 amide bonds. The molecule has 4 N–H and O–H groups in total. The van der Waals surface area contributed by atoms with Crippen molar-refractivity contribution in [3.8, 4) is 0 Å². The summed E-state index contributed by atoms with van der Waals surface area (Å²) in [5, 5.41) is 17.4.